The van der Waals surface area contributed by atoms with Crippen LogP contribution in [-0.2, 0) is 0 Å². The van der Waals surface area contributed by atoms with Gasteiger partial charge in [-0.05, 0) is 122 Å². The maximum absolute atomic E-state index is 10.9. The number of fused-ring (bicyclic) bond motifs is 2. The molecule has 2 nitrogen and oxygen atoms in total. The third-order valence-electron chi connectivity index (χ3n) is 13.7. The summed E-state index contributed by atoms with van der Waals surface area (Å²) in [5.41, 5.74) is 2.98. The summed E-state index contributed by atoms with van der Waals surface area (Å²) in [5.74, 6) is 3.61. The van der Waals surface area contributed by atoms with Gasteiger partial charge in [-0.25, -0.2) is 0 Å². The average molecular weight is 457 g/mol. The van der Waals surface area contributed by atoms with Gasteiger partial charge in [-0.3, -0.25) is 0 Å². The Labute approximate surface area is 204 Å². The molecule has 5 aliphatic carbocycles. The fourth-order valence-corrected chi connectivity index (χ4v) is 11.3. The fraction of sp³-hybridized carbons (Fsp3) is 0.935. The molecule has 0 radical (unpaired) electrons. The predicted molar refractivity (Wildman–Crippen MR) is 137 cm³/mol. The molecule has 2 heteroatoms. The van der Waals surface area contributed by atoms with Crippen molar-refractivity contribution in [1.82, 2.24) is 0 Å². The zero-order valence-corrected chi connectivity index (χ0v) is 22.6. The third-order valence-corrected chi connectivity index (χ3v) is 13.7. The minimum atomic E-state index is -0.325. The Balaban J connectivity index is 1.39. The summed E-state index contributed by atoms with van der Waals surface area (Å²) in [6.07, 6.45) is 13.8. The van der Waals surface area contributed by atoms with Gasteiger partial charge in [0.15, 0.2) is 0 Å². The number of hydrogen-bond donors (Lipinski definition) is 2. The van der Waals surface area contributed by atoms with Crippen LogP contribution in [-0.4, -0.2) is 22.9 Å². The molecule has 0 aromatic carbocycles. The van der Waals surface area contributed by atoms with Crippen molar-refractivity contribution in [3.63, 3.8) is 0 Å². The Morgan fingerprint density at radius 1 is 0.879 bits per heavy atom. The van der Waals surface area contributed by atoms with Gasteiger partial charge in [-0.2, -0.15) is 0 Å². The van der Waals surface area contributed by atoms with Crippen molar-refractivity contribution in [3.05, 3.63) is 12.2 Å². The van der Waals surface area contributed by atoms with Crippen LogP contribution in [0.1, 0.15) is 112 Å². The Morgan fingerprint density at radius 3 is 2.21 bits per heavy atom. The quantitative estimate of drug-likeness (QED) is 0.409. The molecule has 5 aliphatic rings. The molecule has 5 rings (SSSR count). The highest BCUT2D eigenvalue weighted by atomic mass is 16.3. The van der Waals surface area contributed by atoms with Crippen LogP contribution in [0.25, 0.3) is 0 Å². The molecular weight excluding hydrogens is 404 g/mol. The summed E-state index contributed by atoms with van der Waals surface area (Å²) in [7, 11) is 0. The first-order valence-electron chi connectivity index (χ1n) is 14.4. The number of aliphatic hydroxyl groups excluding tert-OH is 2. The molecule has 0 bridgehead atoms. The minimum absolute atomic E-state index is 0.150. The van der Waals surface area contributed by atoms with E-state index in [1.54, 1.807) is 0 Å². The highest BCUT2D eigenvalue weighted by molar-refractivity contribution is 5.30. The number of hydrogen-bond acceptors (Lipinski definition) is 2. The minimum Gasteiger partial charge on any atom is -0.396 e. The molecule has 5 fully saturated rings. The van der Waals surface area contributed by atoms with Gasteiger partial charge in [0.05, 0.1) is 12.7 Å². The van der Waals surface area contributed by atoms with E-state index in [9.17, 15) is 10.2 Å². The van der Waals surface area contributed by atoms with E-state index in [0.29, 0.717) is 33.5 Å². The molecule has 2 spiro atoms. The maximum Gasteiger partial charge on any atom is 0.0618 e. The van der Waals surface area contributed by atoms with Crippen molar-refractivity contribution < 1.29 is 10.2 Å². The van der Waals surface area contributed by atoms with Crippen LogP contribution in [0.15, 0.2) is 12.2 Å². The van der Waals surface area contributed by atoms with E-state index in [1.807, 2.05) is 0 Å². The lowest BCUT2D eigenvalue weighted by Crippen LogP contribution is -2.59. The molecule has 0 amide bonds. The van der Waals surface area contributed by atoms with Crippen LogP contribution in [0.2, 0.25) is 0 Å². The van der Waals surface area contributed by atoms with Crippen LogP contribution >= 0.6 is 0 Å². The number of allylic oxidation sites excluding steroid dienone is 1. The SMILES string of the molecule is C=C(CC[C@@H](C)C1CC[C@@]2(C)C3CCC4C5(CC[C@H](O)[C@@]4(C)CO)CC35CC[C@]12C)C(C)C. The van der Waals surface area contributed by atoms with Gasteiger partial charge in [-0.1, -0.05) is 53.7 Å². The predicted octanol–water partition coefficient (Wildman–Crippen LogP) is 7.39. The number of rotatable bonds is 6. The average Bonchev–Trinajstić information content (AvgIpc) is 3.37. The normalized spacial score (nSPS) is 53.6. The lowest BCUT2D eigenvalue weighted by molar-refractivity contribution is -0.174. The summed E-state index contributed by atoms with van der Waals surface area (Å²) >= 11 is 0. The van der Waals surface area contributed by atoms with E-state index < -0.39 is 0 Å². The summed E-state index contributed by atoms with van der Waals surface area (Å²) in [6, 6.07) is 0. The van der Waals surface area contributed by atoms with Crippen molar-refractivity contribution >= 4 is 0 Å². The van der Waals surface area contributed by atoms with Crippen molar-refractivity contribution in [3.8, 4) is 0 Å². The molecule has 188 valence electrons. The zero-order valence-electron chi connectivity index (χ0n) is 22.6. The van der Waals surface area contributed by atoms with Crippen LogP contribution in [0.4, 0.5) is 0 Å². The Morgan fingerprint density at radius 2 is 1.55 bits per heavy atom. The van der Waals surface area contributed by atoms with Crippen molar-refractivity contribution in [2.24, 2.45) is 56.7 Å². The topological polar surface area (TPSA) is 40.5 Å². The van der Waals surface area contributed by atoms with Gasteiger partial charge in [0.25, 0.3) is 0 Å². The second kappa shape index (κ2) is 7.58. The molecule has 5 saturated carbocycles. The molecule has 0 saturated heterocycles. The molecule has 2 N–H and O–H groups in total. The third kappa shape index (κ3) is 2.92. The molecular formula is C31H52O2. The summed E-state index contributed by atoms with van der Waals surface area (Å²) < 4.78 is 0. The van der Waals surface area contributed by atoms with E-state index in [2.05, 4.69) is 48.1 Å². The van der Waals surface area contributed by atoms with E-state index in [0.717, 1.165) is 24.2 Å². The first-order valence-corrected chi connectivity index (χ1v) is 14.4. The Hall–Kier alpha value is -0.340. The standard InChI is InChI=1S/C31H52O2/c1-20(2)21(3)8-9-22(4)23-12-14-29(7)25-11-10-24-27(5,19-32)26(33)13-15-30(24)18-31(25,30)17-16-28(23,29)6/h20,22-26,32-33H,3,8-19H2,1-2,4-7H3/t22-,23?,24?,25?,26+,27+,28-,29+,30?,31?/m1/s1. The summed E-state index contributed by atoms with van der Waals surface area (Å²) in [5, 5.41) is 21.3. The largest absolute Gasteiger partial charge is 0.396 e. The van der Waals surface area contributed by atoms with Crippen LogP contribution in [0.3, 0.4) is 0 Å². The molecule has 0 aliphatic heterocycles. The molecule has 33 heavy (non-hydrogen) atoms. The van der Waals surface area contributed by atoms with Crippen LogP contribution in [0.5, 0.6) is 0 Å². The van der Waals surface area contributed by atoms with Gasteiger partial charge >= 0.3 is 0 Å². The van der Waals surface area contributed by atoms with Crippen molar-refractivity contribution in [2.45, 2.75) is 118 Å². The maximum atomic E-state index is 10.9. The molecule has 0 heterocycles. The Kier molecular flexibility index (Phi) is 5.60. The molecule has 0 aromatic heterocycles. The first kappa shape index (κ1) is 24.4. The summed E-state index contributed by atoms with van der Waals surface area (Å²) in [6.45, 7) is 19.2. The van der Waals surface area contributed by atoms with Crippen LogP contribution < -0.4 is 0 Å². The van der Waals surface area contributed by atoms with Crippen molar-refractivity contribution in [1.29, 1.82) is 0 Å². The van der Waals surface area contributed by atoms with Gasteiger partial charge < -0.3 is 10.2 Å². The zero-order chi connectivity index (χ0) is 24.0. The molecule has 10 atom stereocenters. The fourth-order valence-electron chi connectivity index (χ4n) is 11.3. The Bertz CT molecular complexity index is 803. The first-order chi connectivity index (χ1) is 15.4. The van der Waals surface area contributed by atoms with Crippen molar-refractivity contribution in [2.75, 3.05) is 6.61 Å². The van der Waals surface area contributed by atoms with Gasteiger partial charge in [0.2, 0.25) is 0 Å². The van der Waals surface area contributed by atoms with E-state index >= 15 is 0 Å². The lowest BCUT2D eigenvalue weighted by Gasteiger charge is -2.63. The highest BCUT2D eigenvalue weighted by Crippen LogP contribution is 2.89. The van der Waals surface area contributed by atoms with Crippen LogP contribution in [0, 0.1) is 56.7 Å². The second-order valence-electron chi connectivity index (χ2n) is 14.7. The second-order valence-corrected chi connectivity index (χ2v) is 14.7. The highest BCUT2D eigenvalue weighted by Gasteiger charge is 2.82. The molecule has 0 aromatic rings. The van der Waals surface area contributed by atoms with E-state index in [-0.39, 0.29) is 18.1 Å². The molecule has 5 unspecified atom stereocenters. The number of aliphatic hydroxyl groups is 2. The lowest BCUT2D eigenvalue weighted by atomic mass is 9.41. The van der Waals surface area contributed by atoms with E-state index in [4.69, 9.17) is 0 Å². The van der Waals surface area contributed by atoms with Gasteiger partial charge in [0.1, 0.15) is 0 Å². The smallest absolute Gasteiger partial charge is 0.0618 e. The monoisotopic (exact) mass is 456 g/mol. The van der Waals surface area contributed by atoms with Gasteiger partial charge in [0, 0.05) is 5.41 Å². The summed E-state index contributed by atoms with van der Waals surface area (Å²) in [4.78, 5) is 0. The van der Waals surface area contributed by atoms with E-state index in [1.165, 1.54) is 69.8 Å². The van der Waals surface area contributed by atoms with Gasteiger partial charge in [-0.15, -0.1) is 0 Å².